The van der Waals surface area contributed by atoms with Gasteiger partial charge < -0.3 is 14.8 Å². The van der Waals surface area contributed by atoms with Gasteiger partial charge in [0.15, 0.2) is 11.5 Å². The lowest BCUT2D eigenvalue weighted by Crippen LogP contribution is -2.29. The Balaban J connectivity index is 1.60. The van der Waals surface area contributed by atoms with Crippen LogP contribution in [-0.2, 0) is 0 Å². The van der Waals surface area contributed by atoms with E-state index in [9.17, 15) is 23.2 Å². The summed E-state index contributed by atoms with van der Waals surface area (Å²) in [5.74, 6) is -2.24. The molecule has 1 aliphatic rings. The number of imide groups is 1. The van der Waals surface area contributed by atoms with Crippen LogP contribution in [-0.4, -0.2) is 31.4 Å². The van der Waals surface area contributed by atoms with Crippen molar-refractivity contribution in [1.29, 1.82) is 0 Å². The van der Waals surface area contributed by atoms with Crippen LogP contribution in [0.15, 0.2) is 60.7 Å². The number of nitrogens with one attached hydrogen (secondary N) is 1. The van der Waals surface area contributed by atoms with Crippen molar-refractivity contribution in [3.63, 3.8) is 0 Å². The molecule has 168 valence electrons. The molecule has 0 spiro atoms. The number of nitrogens with zero attached hydrogens (tertiary/aromatic N) is 1. The molecule has 7 nitrogen and oxygen atoms in total. The first-order valence-electron chi connectivity index (χ1n) is 9.52. The van der Waals surface area contributed by atoms with E-state index >= 15 is 0 Å². The average Bonchev–Trinajstić information content (AvgIpc) is 3.04. The number of amides is 3. The van der Waals surface area contributed by atoms with E-state index in [1.807, 2.05) is 0 Å². The van der Waals surface area contributed by atoms with Crippen LogP contribution < -0.4 is 19.7 Å². The second-order valence-corrected chi connectivity index (χ2v) is 7.23. The van der Waals surface area contributed by atoms with Gasteiger partial charge in [-0.25, -0.2) is 4.90 Å². The zero-order chi connectivity index (χ0) is 23.7. The first-order valence-corrected chi connectivity index (χ1v) is 9.90. The fraction of sp³-hybridized carbons (Fsp3) is 0.0870. The van der Waals surface area contributed by atoms with Gasteiger partial charge in [0.2, 0.25) is 0 Å². The third-order valence-corrected chi connectivity index (χ3v) is 5.19. The molecule has 33 heavy (non-hydrogen) atoms. The molecule has 1 N–H and O–H groups in total. The molecule has 0 saturated carbocycles. The van der Waals surface area contributed by atoms with Crippen molar-refractivity contribution in [1.82, 2.24) is 0 Å². The lowest BCUT2D eigenvalue weighted by molar-refractivity contribution is -0.0515. The van der Waals surface area contributed by atoms with Gasteiger partial charge in [-0.3, -0.25) is 14.4 Å². The van der Waals surface area contributed by atoms with Gasteiger partial charge in [0.05, 0.1) is 34.5 Å². The highest BCUT2D eigenvalue weighted by Gasteiger charge is 2.37. The van der Waals surface area contributed by atoms with Crippen LogP contribution in [0.4, 0.5) is 20.2 Å². The summed E-state index contributed by atoms with van der Waals surface area (Å²) in [4.78, 5) is 39.1. The lowest BCUT2D eigenvalue weighted by atomic mass is 10.1. The highest BCUT2D eigenvalue weighted by Crippen LogP contribution is 2.36. The molecule has 0 aliphatic carbocycles. The Morgan fingerprint density at radius 1 is 1.00 bits per heavy atom. The topological polar surface area (TPSA) is 84.9 Å². The number of hydrogen-bond acceptors (Lipinski definition) is 5. The van der Waals surface area contributed by atoms with E-state index in [1.54, 1.807) is 24.3 Å². The van der Waals surface area contributed by atoms with Crippen LogP contribution in [0.2, 0.25) is 5.02 Å². The average molecular weight is 473 g/mol. The molecule has 1 aliphatic heterocycles. The van der Waals surface area contributed by atoms with Crippen LogP contribution in [0.3, 0.4) is 0 Å². The Bertz CT molecular complexity index is 1250. The summed E-state index contributed by atoms with van der Waals surface area (Å²) in [5.41, 5.74) is 0.691. The highest BCUT2D eigenvalue weighted by molar-refractivity contribution is 6.40. The SMILES string of the molecule is COc1cccc(C(=O)Nc2ccc(N3C(=O)c4ccccc4C3=O)c(Cl)c2)c1OC(F)F. The minimum Gasteiger partial charge on any atom is -0.493 e. The summed E-state index contributed by atoms with van der Waals surface area (Å²) in [6.45, 7) is -3.17. The number of halogens is 3. The number of carbonyl (C=O) groups is 3. The fourth-order valence-electron chi connectivity index (χ4n) is 3.44. The molecule has 0 bridgehead atoms. The molecule has 0 radical (unpaired) electrons. The summed E-state index contributed by atoms with van der Waals surface area (Å²) in [5, 5.41) is 2.55. The largest absolute Gasteiger partial charge is 0.493 e. The predicted octanol–water partition coefficient (Wildman–Crippen LogP) is 5.00. The molecule has 3 aromatic rings. The zero-order valence-corrected chi connectivity index (χ0v) is 17.7. The molecule has 10 heteroatoms. The van der Waals surface area contributed by atoms with E-state index in [0.717, 1.165) is 4.90 Å². The normalized spacial score (nSPS) is 12.7. The fourth-order valence-corrected chi connectivity index (χ4v) is 3.70. The van der Waals surface area contributed by atoms with Crippen molar-refractivity contribution in [3.8, 4) is 11.5 Å². The molecule has 0 unspecified atom stereocenters. The maximum atomic E-state index is 12.8. The molecule has 1 heterocycles. The van der Waals surface area contributed by atoms with Gasteiger partial charge in [-0.15, -0.1) is 0 Å². The molecule has 0 atom stereocenters. The van der Waals surface area contributed by atoms with Crippen molar-refractivity contribution in [2.45, 2.75) is 6.61 Å². The summed E-state index contributed by atoms with van der Waals surface area (Å²) >= 11 is 6.32. The number of fused-ring (bicyclic) bond motifs is 1. The number of para-hydroxylation sites is 1. The van der Waals surface area contributed by atoms with E-state index < -0.39 is 30.1 Å². The van der Waals surface area contributed by atoms with E-state index in [-0.39, 0.29) is 38.8 Å². The van der Waals surface area contributed by atoms with Crippen molar-refractivity contribution < 1.29 is 32.6 Å². The Morgan fingerprint density at radius 2 is 1.67 bits per heavy atom. The molecular formula is C23H15ClF2N2O5. The van der Waals surface area contributed by atoms with Gasteiger partial charge in [-0.2, -0.15) is 8.78 Å². The van der Waals surface area contributed by atoms with Crippen LogP contribution in [0.25, 0.3) is 0 Å². The molecule has 0 saturated heterocycles. The van der Waals surface area contributed by atoms with Gasteiger partial charge >= 0.3 is 6.61 Å². The van der Waals surface area contributed by atoms with Crippen molar-refractivity contribution in [3.05, 3.63) is 82.4 Å². The predicted molar refractivity (Wildman–Crippen MR) is 117 cm³/mol. The summed E-state index contributed by atoms with van der Waals surface area (Å²) in [6.07, 6.45) is 0. The number of methoxy groups -OCH3 is 1. The van der Waals surface area contributed by atoms with Crippen molar-refractivity contribution >= 4 is 40.7 Å². The van der Waals surface area contributed by atoms with Crippen LogP contribution in [0.1, 0.15) is 31.1 Å². The van der Waals surface area contributed by atoms with Crippen molar-refractivity contribution in [2.75, 3.05) is 17.3 Å². The summed E-state index contributed by atoms with van der Waals surface area (Å²) in [7, 11) is 1.26. The lowest BCUT2D eigenvalue weighted by Gasteiger charge is -2.17. The Kier molecular flexibility index (Phi) is 5.97. The van der Waals surface area contributed by atoms with E-state index in [0.29, 0.717) is 0 Å². The minimum atomic E-state index is -3.17. The minimum absolute atomic E-state index is 0.0250. The Morgan fingerprint density at radius 3 is 2.24 bits per heavy atom. The molecule has 3 aromatic carbocycles. The Hall–Kier alpha value is -3.98. The van der Waals surface area contributed by atoms with Gasteiger partial charge in [0, 0.05) is 5.69 Å². The van der Waals surface area contributed by atoms with Crippen molar-refractivity contribution in [2.24, 2.45) is 0 Å². The second-order valence-electron chi connectivity index (χ2n) is 6.83. The standard InChI is InChI=1S/C23H15ClF2N2O5/c1-32-18-8-4-7-15(19(18)33-23(25)26)20(29)27-12-9-10-17(16(24)11-12)28-21(30)13-5-2-3-6-14(13)22(28)31/h2-11,23H,1H3,(H,27,29). The number of carbonyl (C=O) groups excluding carboxylic acids is 3. The number of benzene rings is 3. The second kappa shape index (κ2) is 8.87. The summed E-state index contributed by atoms with van der Waals surface area (Å²) in [6, 6.07) is 14.7. The van der Waals surface area contributed by atoms with Gasteiger partial charge in [0.25, 0.3) is 17.7 Å². The van der Waals surface area contributed by atoms with E-state index in [1.165, 1.54) is 43.5 Å². The third kappa shape index (κ3) is 4.10. The quantitative estimate of drug-likeness (QED) is 0.510. The van der Waals surface area contributed by atoms with Gasteiger partial charge in [-0.1, -0.05) is 29.8 Å². The van der Waals surface area contributed by atoms with Crippen LogP contribution >= 0.6 is 11.6 Å². The first-order chi connectivity index (χ1) is 15.8. The van der Waals surface area contributed by atoms with E-state index in [2.05, 4.69) is 10.1 Å². The maximum Gasteiger partial charge on any atom is 0.387 e. The molecule has 4 rings (SSSR count). The zero-order valence-electron chi connectivity index (χ0n) is 17.0. The van der Waals surface area contributed by atoms with Crippen LogP contribution in [0.5, 0.6) is 11.5 Å². The molecular weight excluding hydrogens is 458 g/mol. The third-order valence-electron chi connectivity index (χ3n) is 4.89. The van der Waals surface area contributed by atoms with Crippen LogP contribution in [0, 0.1) is 0 Å². The smallest absolute Gasteiger partial charge is 0.387 e. The number of alkyl halides is 2. The maximum absolute atomic E-state index is 12.8. The molecule has 3 amide bonds. The number of ether oxygens (including phenoxy) is 2. The number of anilines is 2. The van der Waals surface area contributed by atoms with Gasteiger partial charge in [-0.05, 0) is 42.5 Å². The molecule has 0 fully saturated rings. The van der Waals surface area contributed by atoms with Gasteiger partial charge in [0.1, 0.15) is 0 Å². The highest BCUT2D eigenvalue weighted by atomic mass is 35.5. The Labute approximate surface area is 191 Å². The number of rotatable bonds is 6. The molecule has 0 aromatic heterocycles. The monoisotopic (exact) mass is 472 g/mol. The summed E-state index contributed by atoms with van der Waals surface area (Å²) < 4.78 is 35.1. The first kappa shape index (κ1) is 22.2. The number of hydrogen-bond donors (Lipinski definition) is 1. The van der Waals surface area contributed by atoms with E-state index in [4.69, 9.17) is 16.3 Å².